The Morgan fingerprint density at radius 3 is 2.20 bits per heavy atom. The zero-order chi connectivity index (χ0) is 11.8. The number of aromatic carboxylic acids is 1. The topological polar surface area (TPSA) is 71.4 Å². The van der Waals surface area contributed by atoms with Crippen LogP contribution in [0.2, 0.25) is 10.0 Å². The van der Waals surface area contributed by atoms with Crippen molar-refractivity contribution >= 4 is 48.9 Å². The van der Waals surface area contributed by atoms with Crippen LogP contribution in [0.4, 0.5) is 0 Å². The van der Waals surface area contributed by atoms with Crippen molar-refractivity contribution in [2.75, 3.05) is 0 Å². The van der Waals surface area contributed by atoms with Gasteiger partial charge in [-0.3, -0.25) is 0 Å². The summed E-state index contributed by atoms with van der Waals surface area (Å²) in [4.78, 5) is 10.2. The maximum atomic E-state index is 11.0. The molecule has 82 valence electrons. The van der Waals surface area contributed by atoms with Crippen molar-refractivity contribution in [1.29, 1.82) is 0 Å². The Morgan fingerprint density at radius 1 is 1.27 bits per heavy atom. The number of halogens is 3. The molecule has 15 heavy (non-hydrogen) atoms. The average molecular weight is 290 g/mol. The molecule has 4 nitrogen and oxygen atoms in total. The highest BCUT2D eigenvalue weighted by atomic mass is 35.7. The van der Waals surface area contributed by atoms with Gasteiger partial charge in [-0.2, -0.15) is 0 Å². The molecular weight excluding hydrogens is 286 g/mol. The first kappa shape index (κ1) is 12.6. The van der Waals surface area contributed by atoms with Gasteiger partial charge in [-0.15, -0.1) is 0 Å². The molecule has 0 saturated heterocycles. The van der Waals surface area contributed by atoms with Crippen molar-refractivity contribution in [2.45, 2.75) is 4.90 Å². The van der Waals surface area contributed by atoms with Gasteiger partial charge in [0, 0.05) is 15.7 Å². The van der Waals surface area contributed by atoms with Gasteiger partial charge in [0.15, 0.2) is 0 Å². The van der Waals surface area contributed by atoms with Crippen molar-refractivity contribution in [1.82, 2.24) is 0 Å². The molecular formula is C7H3Cl3O4S. The summed E-state index contributed by atoms with van der Waals surface area (Å²) in [7, 11) is 0.929. The monoisotopic (exact) mass is 288 g/mol. The van der Waals surface area contributed by atoms with E-state index in [1.165, 1.54) is 0 Å². The first-order valence-corrected chi connectivity index (χ1v) is 6.47. The van der Waals surface area contributed by atoms with E-state index in [0.29, 0.717) is 0 Å². The van der Waals surface area contributed by atoms with E-state index in [1.807, 2.05) is 0 Å². The first-order chi connectivity index (χ1) is 6.73. The molecule has 0 spiro atoms. The molecule has 0 aliphatic rings. The van der Waals surface area contributed by atoms with Crippen LogP contribution in [-0.2, 0) is 9.05 Å². The van der Waals surface area contributed by atoms with E-state index in [9.17, 15) is 13.2 Å². The lowest BCUT2D eigenvalue weighted by Crippen LogP contribution is -2.02. The molecule has 1 rings (SSSR count). The molecule has 0 radical (unpaired) electrons. The maximum Gasteiger partial charge on any atom is 0.337 e. The van der Waals surface area contributed by atoms with Crippen molar-refractivity contribution in [3.8, 4) is 0 Å². The summed E-state index contributed by atoms with van der Waals surface area (Å²) in [5.74, 6) is -1.39. The molecule has 8 heteroatoms. The van der Waals surface area contributed by atoms with Gasteiger partial charge in [0.1, 0.15) is 4.90 Å². The number of rotatable bonds is 2. The van der Waals surface area contributed by atoms with Crippen LogP contribution in [0, 0.1) is 0 Å². The Bertz CT molecular complexity index is 523. The Labute approximate surface area is 99.8 Å². The molecule has 1 aromatic rings. The van der Waals surface area contributed by atoms with E-state index in [1.54, 1.807) is 0 Å². The lowest BCUT2D eigenvalue weighted by atomic mass is 10.2. The van der Waals surface area contributed by atoms with E-state index in [0.717, 1.165) is 12.1 Å². The van der Waals surface area contributed by atoms with Crippen molar-refractivity contribution < 1.29 is 18.3 Å². The Hall–Kier alpha value is -0.490. The minimum Gasteiger partial charge on any atom is -0.478 e. The van der Waals surface area contributed by atoms with Gasteiger partial charge in [0.25, 0.3) is 9.05 Å². The summed E-state index contributed by atoms with van der Waals surface area (Å²) in [5, 5.41) is 8.17. The SMILES string of the molecule is O=C(O)c1cc(Cl)cc(S(=O)(=O)Cl)c1Cl. The molecule has 1 aromatic carbocycles. The molecule has 0 saturated carbocycles. The molecule has 0 unspecified atom stereocenters. The van der Waals surface area contributed by atoms with Gasteiger partial charge in [-0.25, -0.2) is 13.2 Å². The second-order valence-corrected chi connectivity index (χ2v) is 5.86. The summed E-state index contributed by atoms with van der Waals surface area (Å²) in [5.41, 5.74) is -0.414. The van der Waals surface area contributed by atoms with Crippen LogP contribution < -0.4 is 0 Å². The van der Waals surface area contributed by atoms with Gasteiger partial charge < -0.3 is 5.11 Å². The van der Waals surface area contributed by atoms with Gasteiger partial charge in [0.05, 0.1) is 10.6 Å². The quantitative estimate of drug-likeness (QED) is 0.850. The summed E-state index contributed by atoms with van der Waals surface area (Å²) in [6, 6.07) is 2.02. The number of hydrogen-bond donors (Lipinski definition) is 1. The zero-order valence-corrected chi connectivity index (χ0v) is 9.95. The fourth-order valence-corrected chi connectivity index (χ4v) is 2.75. The zero-order valence-electron chi connectivity index (χ0n) is 6.87. The van der Waals surface area contributed by atoms with E-state index in [2.05, 4.69) is 0 Å². The Kier molecular flexibility index (Phi) is 3.50. The summed E-state index contributed by atoms with van der Waals surface area (Å²) in [6.07, 6.45) is 0. The third kappa shape index (κ3) is 2.75. The highest BCUT2D eigenvalue weighted by Crippen LogP contribution is 2.31. The third-order valence-corrected chi connectivity index (χ3v) is 3.58. The minimum atomic E-state index is -4.12. The second kappa shape index (κ2) is 4.17. The number of benzene rings is 1. The fraction of sp³-hybridized carbons (Fsp3) is 0. The van der Waals surface area contributed by atoms with Crippen LogP contribution in [0.15, 0.2) is 17.0 Å². The van der Waals surface area contributed by atoms with E-state index < -0.39 is 30.5 Å². The molecule has 0 fully saturated rings. The molecule has 0 atom stereocenters. The standard InChI is InChI=1S/C7H3Cl3O4S/c8-3-1-4(7(11)12)6(9)5(2-3)15(10,13)14/h1-2H,(H,11,12). The van der Waals surface area contributed by atoms with Gasteiger partial charge in [-0.05, 0) is 12.1 Å². The first-order valence-electron chi connectivity index (χ1n) is 3.40. The highest BCUT2D eigenvalue weighted by molar-refractivity contribution is 8.13. The Balaban J connectivity index is 3.63. The molecule has 0 bridgehead atoms. The number of carboxylic acid groups (broad SMARTS) is 1. The van der Waals surface area contributed by atoms with Crippen molar-refractivity contribution in [3.63, 3.8) is 0 Å². The van der Waals surface area contributed by atoms with E-state index in [-0.39, 0.29) is 5.02 Å². The van der Waals surface area contributed by atoms with Gasteiger partial charge in [-0.1, -0.05) is 23.2 Å². The Morgan fingerprint density at radius 2 is 1.80 bits per heavy atom. The smallest absolute Gasteiger partial charge is 0.337 e. The summed E-state index contributed by atoms with van der Waals surface area (Å²) in [6.45, 7) is 0. The van der Waals surface area contributed by atoms with Crippen LogP contribution in [0.1, 0.15) is 10.4 Å². The highest BCUT2D eigenvalue weighted by Gasteiger charge is 2.21. The predicted octanol–water partition coefficient (Wildman–Crippen LogP) is 2.62. The molecule has 0 amide bonds. The lowest BCUT2D eigenvalue weighted by molar-refractivity contribution is 0.0697. The minimum absolute atomic E-state index is 0.0731. The van der Waals surface area contributed by atoms with Crippen molar-refractivity contribution in [3.05, 3.63) is 27.7 Å². The van der Waals surface area contributed by atoms with E-state index >= 15 is 0 Å². The molecule has 1 N–H and O–H groups in total. The molecule has 0 aliphatic carbocycles. The van der Waals surface area contributed by atoms with Crippen molar-refractivity contribution in [2.24, 2.45) is 0 Å². The number of carboxylic acids is 1. The van der Waals surface area contributed by atoms with Crippen LogP contribution >= 0.6 is 33.9 Å². The van der Waals surface area contributed by atoms with Crippen LogP contribution in [0.3, 0.4) is 0 Å². The van der Waals surface area contributed by atoms with Gasteiger partial charge >= 0.3 is 5.97 Å². The summed E-state index contributed by atoms with van der Waals surface area (Å²) < 4.78 is 22.0. The lowest BCUT2D eigenvalue weighted by Gasteiger charge is -2.04. The van der Waals surface area contributed by atoms with Crippen LogP contribution in [0.25, 0.3) is 0 Å². The number of hydrogen-bond acceptors (Lipinski definition) is 3. The molecule has 0 heterocycles. The third-order valence-electron chi connectivity index (χ3n) is 1.50. The predicted molar refractivity (Wildman–Crippen MR) is 56.5 cm³/mol. The molecule has 0 aliphatic heterocycles. The average Bonchev–Trinajstić information content (AvgIpc) is 2.06. The number of carbonyl (C=O) groups is 1. The molecule has 0 aromatic heterocycles. The van der Waals surface area contributed by atoms with E-state index in [4.69, 9.17) is 39.0 Å². The van der Waals surface area contributed by atoms with Gasteiger partial charge in [0.2, 0.25) is 0 Å². The fourth-order valence-electron chi connectivity index (χ4n) is 0.897. The van der Waals surface area contributed by atoms with Crippen LogP contribution in [0.5, 0.6) is 0 Å². The normalized spacial score (nSPS) is 11.4. The van der Waals surface area contributed by atoms with Crippen LogP contribution in [-0.4, -0.2) is 19.5 Å². The largest absolute Gasteiger partial charge is 0.478 e. The second-order valence-electron chi connectivity index (χ2n) is 2.51. The summed E-state index contributed by atoms with van der Waals surface area (Å²) >= 11 is 11.1. The maximum absolute atomic E-state index is 11.0.